The Hall–Kier alpha value is 0.350. The predicted molar refractivity (Wildman–Crippen MR) is 35.9 cm³/mol. The van der Waals surface area contributed by atoms with Crippen LogP contribution in [0.25, 0.3) is 0 Å². The summed E-state index contributed by atoms with van der Waals surface area (Å²) in [7, 11) is -1.08. The van der Waals surface area contributed by atoms with Crippen LogP contribution in [-0.2, 0) is 4.52 Å². The third kappa shape index (κ3) is 4.51. The maximum absolute atomic E-state index is 8.83. The number of rotatable bonds is 4. The summed E-state index contributed by atoms with van der Waals surface area (Å²) < 4.78 is 4.96. The molecule has 0 fully saturated rings. The molecule has 0 saturated heterocycles. The van der Waals surface area contributed by atoms with Gasteiger partial charge in [0.05, 0.1) is 6.61 Å². The van der Waals surface area contributed by atoms with E-state index >= 15 is 0 Å². The summed E-state index contributed by atoms with van der Waals surface area (Å²) in [6.07, 6.45) is 1.73. The molecule has 0 saturated carbocycles. The highest BCUT2D eigenvalue weighted by atomic mass is 31.2. The molecule has 0 aliphatic rings. The molecular formula is C5H13O2P. The maximum Gasteiger partial charge on any atom is 0.167 e. The topological polar surface area (TPSA) is 29.5 Å². The van der Waals surface area contributed by atoms with Gasteiger partial charge in [0.25, 0.3) is 0 Å². The van der Waals surface area contributed by atoms with Gasteiger partial charge in [0.1, 0.15) is 0 Å². The van der Waals surface area contributed by atoms with Crippen LogP contribution in [0.5, 0.6) is 0 Å². The first-order valence-electron chi connectivity index (χ1n) is 2.90. The smallest absolute Gasteiger partial charge is 0.167 e. The summed E-state index contributed by atoms with van der Waals surface area (Å²) in [6, 6.07) is 0. The monoisotopic (exact) mass is 136 g/mol. The van der Waals surface area contributed by atoms with Gasteiger partial charge in [-0.15, -0.1) is 0 Å². The van der Waals surface area contributed by atoms with E-state index in [4.69, 9.17) is 9.42 Å². The molecule has 0 aliphatic heterocycles. The van der Waals surface area contributed by atoms with Gasteiger partial charge in [0.15, 0.2) is 8.38 Å². The van der Waals surface area contributed by atoms with E-state index in [2.05, 4.69) is 0 Å². The summed E-state index contributed by atoms with van der Waals surface area (Å²) in [4.78, 5) is 8.83. The van der Waals surface area contributed by atoms with Crippen LogP contribution in [-0.4, -0.2) is 17.7 Å². The van der Waals surface area contributed by atoms with Gasteiger partial charge < -0.3 is 9.42 Å². The zero-order chi connectivity index (χ0) is 6.41. The van der Waals surface area contributed by atoms with Crippen molar-refractivity contribution in [3.8, 4) is 0 Å². The number of hydrogen-bond acceptors (Lipinski definition) is 2. The highest BCUT2D eigenvalue weighted by molar-refractivity contribution is 7.46. The first-order valence-corrected chi connectivity index (χ1v) is 4.30. The molecule has 0 amide bonds. The number of hydrogen-bond donors (Lipinski definition) is 1. The fraction of sp³-hybridized carbons (Fsp3) is 1.00. The van der Waals surface area contributed by atoms with Crippen molar-refractivity contribution in [2.75, 3.05) is 12.8 Å². The van der Waals surface area contributed by atoms with E-state index in [1.54, 1.807) is 0 Å². The SMILES string of the molecule is CCCOP(O)CC. The highest BCUT2D eigenvalue weighted by Crippen LogP contribution is 2.29. The molecule has 2 nitrogen and oxygen atoms in total. The van der Waals surface area contributed by atoms with E-state index < -0.39 is 8.38 Å². The molecule has 50 valence electrons. The van der Waals surface area contributed by atoms with E-state index in [1.807, 2.05) is 13.8 Å². The molecule has 0 aromatic rings. The molecule has 0 aromatic heterocycles. The molecule has 0 aliphatic carbocycles. The van der Waals surface area contributed by atoms with Crippen LogP contribution < -0.4 is 0 Å². The third-order valence-electron chi connectivity index (χ3n) is 0.715. The summed E-state index contributed by atoms with van der Waals surface area (Å²) >= 11 is 0. The summed E-state index contributed by atoms with van der Waals surface area (Å²) in [5, 5.41) is 0. The lowest BCUT2D eigenvalue weighted by Gasteiger charge is -2.05. The van der Waals surface area contributed by atoms with Crippen LogP contribution in [0.2, 0.25) is 0 Å². The Morgan fingerprint density at radius 2 is 2.12 bits per heavy atom. The van der Waals surface area contributed by atoms with Gasteiger partial charge in [-0.1, -0.05) is 13.8 Å². The van der Waals surface area contributed by atoms with Gasteiger partial charge in [-0.05, 0) is 6.42 Å². The van der Waals surface area contributed by atoms with Crippen LogP contribution in [0, 0.1) is 0 Å². The van der Waals surface area contributed by atoms with Crippen molar-refractivity contribution < 1.29 is 9.42 Å². The van der Waals surface area contributed by atoms with Crippen molar-refractivity contribution in [3.63, 3.8) is 0 Å². The second-order valence-corrected chi connectivity index (χ2v) is 3.10. The molecule has 1 N–H and O–H groups in total. The lowest BCUT2D eigenvalue weighted by Crippen LogP contribution is -1.87. The van der Waals surface area contributed by atoms with E-state index in [0.29, 0.717) is 6.61 Å². The Kier molecular flexibility index (Phi) is 5.73. The quantitative estimate of drug-likeness (QED) is 0.596. The molecule has 0 bridgehead atoms. The van der Waals surface area contributed by atoms with Crippen molar-refractivity contribution in [1.29, 1.82) is 0 Å². The lowest BCUT2D eigenvalue weighted by atomic mass is 10.5. The average molecular weight is 136 g/mol. The molecule has 1 unspecified atom stereocenters. The Balaban J connectivity index is 2.86. The van der Waals surface area contributed by atoms with Crippen LogP contribution in [0.3, 0.4) is 0 Å². The standard InChI is InChI=1S/C5H13O2P/c1-3-5-7-8(6)4-2/h6H,3-5H2,1-2H3. The van der Waals surface area contributed by atoms with Crippen LogP contribution >= 0.6 is 8.38 Å². The zero-order valence-electron chi connectivity index (χ0n) is 5.42. The zero-order valence-corrected chi connectivity index (χ0v) is 6.32. The molecule has 0 aromatic carbocycles. The van der Waals surface area contributed by atoms with E-state index in [9.17, 15) is 0 Å². The van der Waals surface area contributed by atoms with Crippen LogP contribution in [0.15, 0.2) is 0 Å². The molecule has 8 heavy (non-hydrogen) atoms. The first-order chi connectivity index (χ1) is 3.81. The maximum atomic E-state index is 8.83. The highest BCUT2D eigenvalue weighted by Gasteiger charge is 1.96. The third-order valence-corrected chi connectivity index (χ3v) is 1.74. The normalized spacial score (nSPS) is 13.9. The predicted octanol–water partition coefficient (Wildman–Crippen LogP) is 1.74. The Labute approximate surface area is 51.8 Å². The van der Waals surface area contributed by atoms with E-state index in [-0.39, 0.29) is 0 Å². The van der Waals surface area contributed by atoms with Gasteiger partial charge in [-0.25, -0.2) is 0 Å². The average Bonchev–Trinajstić information content (AvgIpc) is 1.83. The Morgan fingerprint density at radius 3 is 2.50 bits per heavy atom. The van der Waals surface area contributed by atoms with Gasteiger partial charge in [-0.2, -0.15) is 0 Å². The van der Waals surface area contributed by atoms with Gasteiger partial charge in [-0.3, -0.25) is 0 Å². The molecule has 0 radical (unpaired) electrons. The minimum atomic E-state index is -1.08. The summed E-state index contributed by atoms with van der Waals surface area (Å²) in [5.74, 6) is 0. The Bertz CT molecular complexity index is 49.7. The minimum Gasteiger partial charge on any atom is -0.350 e. The van der Waals surface area contributed by atoms with Crippen LogP contribution in [0.4, 0.5) is 0 Å². The van der Waals surface area contributed by atoms with Crippen LogP contribution in [0.1, 0.15) is 20.3 Å². The largest absolute Gasteiger partial charge is 0.350 e. The molecule has 3 heteroatoms. The Morgan fingerprint density at radius 1 is 1.50 bits per heavy atom. The molecular weight excluding hydrogens is 123 g/mol. The second-order valence-electron chi connectivity index (χ2n) is 1.50. The van der Waals surface area contributed by atoms with E-state index in [0.717, 1.165) is 12.6 Å². The molecule has 0 spiro atoms. The van der Waals surface area contributed by atoms with Crippen molar-refractivity contribution in [2.24, 2.45) is 0 Å². The van der Waals surface area contributed by atoms with Crippen molar-refractivity contribution in [2.45, 2.75) is 20.3 Å². The van der Waals surface area contributed by atoms with Gasteiger partial charge >= 0.3 is 0 Å². The minimum absolute atomic E-state index is 0.691. The van der Waals surface area contributed by atoms with E-state index in [1.165, 1.54) is 0 Å². The summed E-state index contributed by atoms with van der Waals surface area (Å²) in [6.45, 7) is 4.64. The van der Waals surface area contributed by atoms with Gasteiger partial charge in [0, 0.05) is 6.16 Å². The second kappa shape index (κ2) is 5.49. The molecule has 0 rings (SSSR count). The molecule has 0 heterocycles. The van der Waals surface area contributed by atoms with Crippen molar-refractivity contribution in [1.82, 2.24) is 0 Å². The van der Waals surface area contributed by atoms with Gasteiger partial charge in [0.2, 0.25) is 0 Å². The lowest BCUT2D eigenvalue weighted by molar-refractivity contribution is 0.310. The summed E-state index contributed by atoms with van der Waals surface area (Å²) in [5.41, 5.74) is 0. The van der Waals surface area contributed by atoms with Crippen molar-refractivity contribution in [3.05, 3.63) is 0 Å². The fourth-order valence-corrected chi connectivity index (χ4v) is 0.864. The molecule has 1 atom stereocenters. The van der Waals surface area contributed by atoms with Crippen molar-refractivity contribution >= 4 is 8.38 Å². The first kappa shape index (κ1) is 8.35. The fourth-order valence-electron chi connectivity index (χ4n) is 0.288.